The van der Waals surface area contributed by atoms with Crippen molar-refractivity contribution in [2.45, 2.75) is 32.0 Å². The zero-order valence-corrected chi connectivity index (χ0v) is 9.13. The number of hydrogen-bond acceptors (Lipinski definition) is 3. The van der Waals surface area contributed by atoms with Crippen molar-refractivity contribution in [1.82, 2.24) is 20.3 Å². The molecule has 0 unspecified atom stereocenters. The topological polar surface area (TPSA) is 81.1 Å². The molecular weight excluding hydrogens is 204 g/mol. The van der Waals surface area contributed by atoms with Gasteiger partial charge in [0.15, 0.2) is 5.96 Å². The average Bonchev–Trinajstić information content (AvgIpc) is 2.95. The highest BCUT2D eigenvalue weighted by atomic mass is 15.4. The van der Waals surface area contributed by atoms with Gasteiger partial charge >= 0.3 is 0 Å². The monoisotopic (exact) mass is 220 g/mol. The van der Waals surface area contributed by atoms with Crippen LogP contribution in [-0.2, 0) is 13.1 Å². The van der Waals surface area contributed by atoms with E-state index in [-0.39, 0.29) is 0 Å². The van der Waals surface area contributed by atoms with Gasteiger partial charge in [-0.25, -0.2) is 9.67 Å². The van der Waals surface area contributed by atoms with Gasteiger partial charge < -0.3 is 11.1 Å². The lowest BCUT2D eigenvalue weighted by molar-refractivity contribution is 0.662. The summed E-state index contributed by atoms with van der Waals surface area (Å²) in [7, 11) is 0. The predicted molar refractivity (Wildman–Crippen MR) is 61.7 cm³/mol. The molecule has 86 valence electrons. The molecule has 1 aromatic rings. The molecule has 3 N–H and O–H groups in total. The summed E-state index contributed by atoms with van der Waals surface area (Å²) in [5, 5.41) is 11.0. The van der Waals surface area contributed by atoms with Gasteiger partial charge in [-0.1, -0.05) is 11.3 Å². The highest BCUT2D eigenvalue weighted by molar-refractivity contribution is 5.78. The second kappa shape index (κ2) is 4.78. The molecule has 6 nitrogen and oxygen atoms in total. The molecule has 1 aliphatic carbocycles. The summed E-state index contributed by atoms with van der Waals surface area (Å²) < 4.78 is 1.71. The molecule has 1 heterocycles. The molecule has 0 amide bonds. The number of aliphatic imine (C=N–C) groups is 1. The summed E-state index contributed by atoms with van der Waals surface area (Å²) in [5.41, 5.74) is 6.50. The molecule has 1 fully saturated rings. The maximum atomic E-state index is 5.70. The Bertz CT molecular complexity index is 390. The van der Waals surface area contributed by atoms with E-state index in [9.17, 15) is 0 Å². The number of hydrogen-bond donors (Lipinski definition) is 2. The van der Waals surface area contributed by atoms with Crippen LogP contribution in [0, 0.1) is 0 Å². The molecule has 0 atom stereocenters. The van der Waals surface area contributed by atoms with Crippen molar-refractivity contribution in [3.8, 4) is 0 Å². The fraction of sp³-hybridized carbons (Fsp3) is 0.500. The second-order valence-electron chi connectivity index (χ2n) is 3.84. The average molecular weight is 220 g/mol. The van der Waals surface area contributed by atoms with E-state index in [0.717, 1.165) is 5.69 Å². The van der Waals surface area contributed by atoms with Crippen LogP contribution in [-0.4, -0.2) is 27.0 Å². The molecule has 0 aromatic carbocycles. The van der Waals surface area contributed by atoms with Crippen LogP contribution in [0.15, 0.2) is 23.8 Å². The number of allylic oxidation sites excluding steroid dienone is 1. The van der Waals surface area contributed by atoms with Gasteiger partial charge in [-0.05, 0) is 12.8 Å². The van der Waals surface area contributed by atoms with Gasteiger partial charge in [0, 0.05) is 6.04 Å². The van der Waals surface area contributed by atoms with Gasteiger partial charge in [-0.3, -0.25) is 0 Å². The van der Waals surface area contributed by atoms with Crippen molar-refractivity contribution in [3.05, 3.63) is 24.5 Å². The van der Waals surface area contributed by atoms with Crippen LogP contribution in [0.5, 0.6) is 0 Å². The lowest BCUT2D eigenvalue weighted by Gasteiger charge is -2.01. The van der Waals surface area contributed by atoms with Crippen LogP contribution in [0.4, 0.5) is 0 Å². The molecule has 1 saturated carbocycles. The molecule has 6 heteroatoms. The minimum Gasteiger partial charge on any atom is -0.370 e. The van der Waals surface area contributed by atoms with Crippen molar-refractivity contribution in [3.63, 3.8) is 0 Å². The first-order valence-corrected chi connectivity index (χ1v) is 5.34. The van der Waals surface area contributed by atoms with E-state index in [4.69, 9.17) is 5.73 Å². The summed E-state index contributed by atoms with van der Waals surface area (Å²) >= 11 is 0. The smallest absolute Gasteiger partial charge is 0.189 e. The summed E-state index contributed by atoms with van der Waals surface area (Å²) in [5.74, 6) is 0.487. The number of nitrogens with one attached hydrogen (secondary N) is 1. The summed E-state index contributed by atoms with van der Waals surface area (Å²) in [6, 6.07) is 0.528. The fourth-order valence-electron chi connectivity index (χ4n) is 1.28. The lowest BCUT2D eigenvalue weighted by Crippen LogP contribution is -2.33. The minimum atomic E-state index is 0.461. The normalized spacial score (nSPS) is 16.1. The first-order valence-electron chi connectivity index (χ1n) is 5.34. The number of nitrogens with two attached hydrogens (primary N) is 1. The largest absolute Gasteiger partial charge is 0.370 e. The van der Waals surface area contributed by atoms with Gasteiger partial charge in [0.05, 0.1) is 19.3 Å². The minimum absolute atomic E-state index is 0.461. The molecule has 2 rings (SSSR count). The van der Waals surface area contributed by atoms with Crippen molar-refractivity contribution < 1.29 is 0 Å². The van der Waals surface area contributed by atoms with Gasteiger partial charge in [0.25, 0.3) is 0 Å². The molecule has 1 aliphatic rings. The molecule has 0 spiro atoms. The number of guanidine groups is 1. The van der Waals surface area contributed by atoms with Crippen molar-refractivity contribution in [2.75, 3.05) is 0 Å². The molecular formula is C10H16N6. The molecule has 16 heavy (non-hydrogen) atoms. The number of rotatable bonds is 5. The van der Waals surface area contributed by atoms with Crippen molar-refractivity contribution in [1.29, 1.82) is 0 Å². The first kappa shape index (κ1) is 10.7. The zero-order chi connectivity index (χ0) is 11.4. The molecule has 0 aliphatic heterocycles. The Labute approximate surface area is 94.2 Å². The van der Waals surface area contributed by atoms with E-state index < -0.39 is 0 Å². The first-order chi connectivity index (χ1) is 7.78. The third-order valence-corrected chi connectivity index (χ3v) is 2.24. The maximum absolute atomic E-state index is 5.70. The van der Waals surface area contributed by atoms with Gasteiger partial charge in [0.1, 0.15) is 5.69 Å². The van der Waals surface area contributed by atoms with E-state index in [1.807, 2.05) is 6.20 Å². The standard InChI is InChI=1S/C10H16N6/c1-2-5-16-7-9(14-15-16)6-12-10(11)13-8-3-4-8/h2,7-8H,1,3-6H2,(H3,11,12,13). The van der Waals surface area contributed by atoms with Gasteiger partial charge in [0.2, 0.25) is 0 Å². The zero-order valence-electron chi connectivity index (χ0n) is 9.13. The predicted octanol–water partition coefficient (Wildman–Crippen LogP) is 0.0308. The van der Waals surface area contributed by atoms with E-state index in [1.54, 1.807) is 10.8 Å². The van der Waals surface area contributed by atoms with Crippen LogP contribution in [0.2, 0.25) is 0 Å². The Morgan fingerprint density at radius 2 is 2.56 bits per heavy atom. The number of nitrogens with zero attached hydrogens (tertiary/aromatic N) is 4. The molecule has 0 radical (unpaired) electrons. The van der Waals surface area contributed by atoms with Crippen molar-refractivity contribution >= 4 is 5.96 Å². The Morgan fingerprint density at radius 1 is 1.75 bits per heavy atom. The third kappa shape index (κ3) is 3.08. The Kier molecular flexibility index (Phi) is 3.19. The Morgan fingerprint density at radius 3 is 3.25 bits per heavy atom. The highest BCUT2D eigenvalue weighted by Crippen LogP contribution is 2.17. The molecule has 0 saturated heterocycles. The molecule has 1 aromatic heterocycles. The second-order valence-corrected chi connectivity index (χ2v) is 3.84. The molecule has 0 bridgehead atoms. The Balaban J connectivity index is 1.84. The summed E-state index contributed by atoms with van der Waals surface area (Å²) in [6.45, 7) is 4.75. The van der Waals surface area contributed by atoms with Crippen molar-refractivity contribution in [2.24, 2.45) is 10.7 Å². The quantitative estimate of drug-likeness (QED) is 0.417. The summed E-state index contributed by atoms with van der Waals surface area (Å²) in [4.78, 5) is 4.19. The van der Waals surface area contributed by atoms with Gasteiger partial charge in [-0.15, -0.1) is 11.7 Å². The SMILES string of the molecule is C=CCn1cc(CN=C(N)NC2CC2)nn1. The lowest BCUT2D eigenvalue weighted by atomic mass is 10.5. The van der Waals surface area contributed by atoms with E-state index in [1.165, 1.54) is 12.8 Å². The van der Waals surface area contributed by atoms with E-state index in [0.29, 0.717) is 25.1 Å². The fourth-order valence-corrected chi connectivity index (χ4v) is 1.28. The van der Waals surface area contributed by atoms with Crippen LogP contribution in [0.1, 0.15) is 18.5 Å². The van der Waals surface area contributed by atoms with Gasteiger partial charge in [-0.2, -0.15) is 0 Å². The Hall–Kier alpha value is -1.85. The van der Waals surface area contributed by atoms with Crippen LogP contribution in [0.25, 0.3) is 0 Å². The van der Waals surface area contributed by atoms with Crippen LogP contribution >= 0.6 is 0 Å². The highest BCUT2D eigenvalue weighted by Gasteiger charge is 2.21. The van der Waals surface area contributed by atoms with Crippen LogP contribution in [0.3, 0.4) is 0 Å². The maximum Gasteiger partial charge on any atom is 0.189 e. The van der Waals surface area contributed by atoms with Crippen LogP contribution < -0.4 is 11.1 Å². The third-order valence-electron chi connectivity index (χ3n) is 2.24. The summed E-state index contributed by atoms with van der Waals surface area (Å²) in [6.07, 6.45) is 5.98. The van der Waals surface area contributed by atoms with E-state index in [2.05, 4.69) is 27.2 Å². The number of aromatic nitrogens is 3. The van der Waals surface area contributed by atoms with E-state index >= 15 is 0 Å².